The summed E-state index contributed by atoms with van der Waals surface area (Å²) in [6.07, 6.45) is 3.86. The zero-order chi connectivity index (χ0) is 10.8. The summed E-state index contributed by atoms with van der Waals surface area (Å²) < 4.78 is 5.48. The number of benzene rings is 1. The molecule has 0 amide bonds. The average Bonchev–Trinajstić information content (AvgIpc) is 2.77. The van der Waals surface area contributed by atoms with E-state index < -0.39 is 0 Å². The van der Waals surface area contributed by atoms with Gasteiger partial charge in [0.25, 0.3) is 0 Å². The van der Waals surface area contributed by atoms with Gasteiger partial charge >= 0.3 is 0 Å². The van der Waals surface area contributed by atoms with Crippen molar-refractivity contribution in [2.45, 2.75) is 25.4 Å². The molecule has 1 atom stereocenters. The van der Waals surface area contributed by atoms with Crippen molar-refractivity contribution >= 4 is 0 Å². The van der Waals surface area contributed by atoms with E-state index >= 15 is 0 Å². The molecule has 1 aliphatic heterocycles. The summed E-state index contributed by atoms with van der Waals surface area (Å²) in [6.45, 7) is 0.934. The molecule has 1 aliphatic rings. The van der Waals surface area contributed by atoms with Gasteiger partial charge in [-0.15, -0.1) is 0 Å². The largest absolute Gasteiger partial charge is 0.469 e. The molecule has 2 nitrogen and oxygen atoms in total. The topological polar surface area (TPSA) is 25.2 Å². The first-order valence-electron chi connectivity index (χ1n) is 5.74. The lowest BCUT2D eigenvalue weighted by Gasteiger charge is -2.22. The summed E-state index contributed by atoms with van der Waals surface area (Å²) in [5.74, 6) is 1.15. The molecule has 0 saturated heterocycles. The average molecular weight is 213 g/mol. The lowest BCUT2D eigenvalue weighted by atomic mass is 9.97. The highest BCUT2D eigenvalue weighted by molar-refractivity contribution is 5.23. The fourth-order valence-corrected chi connectivity index (χ4v) is 2.30. The van der Waals surface area contributed by atoms with Crippen molar-refractivity contribution in [2.24, 2.45) is 0 Å². The van der Waals surface area contributed by atoms with E-state index in [0.717, 1.165) is 25.1 Å². The second-order valence-corrected chi connectivity index (χ2v) is 4.34. The fraction of sp³-hybridized carbons (Fsp3) is 0.286. The van der Waals surface area contributed by atoms with E-state index in [4.69, 9.17) is 4.42 Å². The Morgan fingerprint density at radius 1 is 1.19 bits per heavy atom. The van der Waals surface area contributed by atoms with Crippen LogP contribution in [0.15, 0.2) is 47.1 Å². The standard InChI is InChI=1S/C14H15NO/c1-2-4-11(5-3-1)8-13-9-14-12(10-15-13)6-7-16-14/h1-7,13,15H,8-10H2. The number of furan rings is 1. The Balaban J connectivity index is 1.71. The third-order valence-corrected chi connectivity index (χ3v) is 3.18. The quantitative estimate of drug-likeness (QED) is 0.829. The van der Waals surface area contributed by atoms with Crippen LogP contribution in [0.1, 0.15) is 16.9 Å². The zero-order valence-corrected chi connectivity index (χ0v) is 9.15. The Morgan fingerprint density at radius 3 is 2.94 bits per heavy atom. The Kier molecular flexibility index (Phi) is 2.50. The van der Waals surface area contributed by atoms with Crippen molar-refractivity contribution in [3.63, 3.8) is 0 Å². The molecule has 16 heavy (non-hydrogen) atoms. The molecule has 0 aliphatic carbocycles. The maximum absolute atomic E-state index is 5.48. The van der Waals surface area contributed by atoms with E-state index in [1.807, 2.05) is 0 Å². The highest BCUT2D eigenvalue weighted by atomic mass is 16.3. The molecule has 1 N–H and O–H groups in total. The summed E-state index contributed by atoms with van der Waals surface area (Å²) in [7, 11) is 0. The second-order valence-electron chi connectivity index (χ2n) is 4.34. The summed E-state index contributed by atoms with van der Waals surface area (Å²) in [5.41, 5.74) is 2.69. The predicted octanol–water partition coefficient (Wildman–Crippen LogP) is 2.54. The van der Waals surface area contributed by atoms with Crippen molar-refractivity contribution in [1.82, 2.24) is 5.32 Å². The van der Waals surface area contributed by atoms with Crippen molar-refractivity contribution in [1.29, 1.82) is 0 Å². The van der Waals surface area contributed by atoms with Crippen LogP contribution in [0.5, 0.6) is 0 Å². The van der Waals surface area contributed by atoms with Crippen molar-refractivity contribution in [2.75, 3.05) is 0 Å². The summed E-state index contributed by atoms with van der Waals surface area (Å²) in [6, 6.07) is 13.2. The lowest BCUT2D eigenvalue weighted by Crippen LogP contribution is -2.36. The monoisotopic (exact) mass is 213 g/mol. The smallest absolute Gasteiger partial charge is 0.109 e. The van der Waals surface area contributed by atoms with Gasteiger partial charge in [-0.3, -0.25) is 0 Å². The molecule has 2 heterocycles. The summed E-state index contributed by atoms with van der Waals surface area (Å²) >= 11 is 0. The molecule has 2 aromatic rings. The van der Waals surface area contributed by atoms with Gasteiger partial charge in [-0.05, 0) is 18.1 Å². The molecular formula is C14H15NO. The van der Waals surface area contributed by atoms with Crippen LogP contribution >= 0.6 is 0 Å². The van der Waals surface area contributed by atoms with Crippen LogP contribution < -0.4 is 5.32 Å². The van der Waals surface area contributed by atoms with Crippen LogP contribution in [0.2, 0.25) is 0 Å². The van der Waals surface area contributed by atoms with Gasteiger partial charge in [0.15, 0.2) is 0 Å². The van der Waals surface area contributed by atoms with Crippen LogP contribution in [0.3, 0.4) is 0 Å². The highest BCUT2D eigenvalue weighted by Crippen LogP contribution is 2.19. The molecule has 0 saturated carbocycles. The minimum Gasteiger partial charge on any atom is -0.469 e. The SMILES string of the molecule is c1ccc(CC2Cc3occc3CN2)cc1. The van der Waals surface area contributed by atoms with E-state index in [9.17, 15) is 0 Å². The third kappa shape index (κ3) is 1.89. The van der Waals surface area contributed by atoms with Gasteiger partial charge in [0.1, 0.15) is 5.76 Å². The number of hydrogen-bond acceptors (Lipinski definition) is 2. The minimum absolute atomic E-state index is 0.501. The van der Waals surface area contributed by atoms with E-state index in [1.54, 1.807) is 6.26 Å². The normalized spacial score (nSPS) is 19.4. The Morgan fingerprint density at radius 2 is 2.06 bits per heavy atom. The second kappa shape index (κ2) is 4.14. The summed E-state index contributed by atoms with van der Waals surface area (Å²) in [5, 5.41) is 3.55. The zero-order valence-electron chi connectivity index (χ0n) is 9.15. The molecule has 82 valence electrons. The molecular weight excluding hydrogens is 198 g/mol. The van der Waals surface area contributed by atoms with Crippen LogP contribution in [0.4, 0.5) is 0 Å². The molecule has 1 aromatic carbocycles. The minimum atomic E-state index is 0.501. The first kappa shape index (κ1) is 9.67. The predicted molar refractivity (Wildman–Crippen MR) is 63.2 cm³/mol. The number of hydrogen-bond donors (Lipinski definition) is 1. The molecule has 3 rings (SSSR count). The number of fused-ring (bicyclic) bond motifs is 1. The number of nitrogens with one attached hydrogen (secondary N) is 1. The van der Waals surface area contributed by atoms with Gasteiger partial charge in [-0.2, -0.15) is 0 Å². The van der Waals surface area contributed by atoms with E-state index in [-0.39, 0.29) is 0 Å². The Hall–Kier alpha value is -1.54. The van der Waals surface area contributed by atoms with Crippen molar-refractivity contribution in [3.05, 3.63) is 59.5 Å². The van der Waals surface area contributed by atoms with Crippen LogP contribution in [-0.2, 0) is 19.4 Å². The van der Waals surface area contributed by atoms with Gasteiger partial charge in [0, 0.05) is 24.6 Å². The van der Waals surface area contributed by atoms with Gasteiger partial charge in [-0.1, -0.05) is 30.3 Å². The third-order valence-electron chi connectivity index (χ3n) is 3.18. The fourth-order valence-electron chi connectivity index (χ4n) is 2.30. The van der Waals surface area contributed by atoms with Crippen LogP contribution in [0, 0.1) is 0 Å². The molecule has 1 aromatic heterocycles. The molecule has 1 unspecified atom stereocenters. The lowest BCUT2D eigenvalue weighted by molar-refractivity contribution is 0.406. The van der Waals surface area contributed by atoms with Crippen molar-refractivity contribution in [3.8, 4) is 0 Å². The maximum atomic E-state index is 5.48. The van der Waals surface area contributed by atoms with Gasteiger partial charge in [0.2, 0.25) is 0 Å². The molecule has 2 heteroatoms. The van der Waals surface area contributed by atoms with Gasteiger partial charge in [-0.25, -0.2) is 0 Å². The number of rotatable bonds is 2. The van der Waals surface area contributed by atoms with E-state index in [0.29, 0.717) is 6.04 Å². The Bertz CT molecular complexity index is 461. The molecule has 0 spiro atoms. The first-order chi connectivity index (χ1) is 7.92. The van der Waals surface area contributed by atoms with E-state index in [1.165, 1.54) is 11.1 Å². The maximum Gasteiger partial charge on any atom is 0.109 e. The molecule has 0 bridgehead atoms. The van der Waals surface area contributed by atoms with Gasteiger partial charge in [0.05, 0.1) is 6.26 Å². The van der Waals surface area contributed by atoms with Gasteiger partial charge < -0.3 is 9.73 Å². The Labute approximate surface area is 95.3 Å². The summed E-state index contributed by atoms with van der Waals surface area (Å²) in [4.78, 5) is 0. The highest BCUT2D eigenvalue weighted by Gasteiger charge is 2.20. The van der Waals surface area contributed by atoms with Crippen LogP contribution in [-0.4, -0.2) is 6.04 Å². The molecule has 0 fully saturated rings. The van der Waals surface area contributed by atoms with E-state index in [2.05, 4.69) is 41.7 Å². The first-order valence-corrected chi connectivity index (χ1v) is 5.74. The van der Waals surface area contributed by atoms with Crippen LogP contribution in [0.25, 0.3) is 0 Å². The van der Waals surface area contributed by atoms with Crippen molar-refractivity contribution < 1.29 is 4.42 Å². The molecule has 0 radical (unpaired) electrons.